The number of nitrogens with one attached hydrogen (secondary N) is 1. The predicted octanol–water partition coefficient (Wildman–Crippen LogP) is 2.48. The Balaban J connectivity index is 2.98. The first kappa shape index (κ1) is 15.2. The van der Waals surface area contributed by atoms with Gasteiger partial charge in [-0.1, -0.05) is 45.9 Å². The summed E-state index contributed by atoms with van der Waals surface area (Å²) in [6, 6.07) is 6.33. The van der Waals surface area contributed by atoms with Crippen molar-refractivity contribution in [3.05, 3.63) is 35.4 Å². The Hall–Kier alpha value is -1.84. The molecular weight excluding hydrogens is 242 g/mol. The van der Waals surface area contributed by atoms with Gasteiger partial charge in [0.25, 0.3) is 5.91 Å². The second kappa shape index (κ2) is 5.87. The molecule has 0 spiro atoms. The van der Waals surface area contributed by atoms with E-state index >= 15 is 0 Å². The molecule has 1 amide bonds. The fraction of sp³-hybridized carbons (Fsp3) is 0.467. The van der Waals surface area contributed by atoms with E-state index in [1.54, 1.807) is 32.9 Å². The quantitative estimate of drug-likeness (QED) is 0.877. The van der Waals surface area contributed by atoms with Crippen molar-refractivity contribution in [3.63, 3.8) is 0 Å². The van der Waals surface area contributed by atoms with Gasteiger partial charge < -0.3 is 10.4 Å². The molecule has 0 fully saturated rings. The van der Waals surface area contributed by atoms with Crippen molar-refractivity contribution in [2.75, 3.05) is 0 Å². The van der Waals surface area contributed by atoms with Gasteiger partial charge in [0.2, 0.25) is 0 Å². The van der Waals surface area contributed by atoms with Crippen LogP contribution in [0.4, 0.5) is 0 Å². The molecule has 19 heavy (non-hydrogen) atoms. The van der Waals surface area contributed by atoms with Gasteiger partial charge in [0, 0.05) is 5.56 Å². The highest BCUT2D eigenvalue weighted by Gasteiger charge is 2.33. The summed E-state index contributed by atoms with van der Waals surface area (Å²) in [5, 5.41) is 11.8. The lowest BCUT2D eigenvalue weighted by molar-refractivity contribution is -0.142. The van der Waals surface area contributed by atoms with Crippen molar-refractivity contribution in [1.82, 2.24) is 5.32 Å². The molecule has 1 atom stereocenters. The average Bonchev–Trinajstić information content (AvgIpc) is 2.33. The van der Waals surface area contributed by atoms with E-state index in [2.05, 4.69) is 5.32 Å². The van der Waals surface area contributed by atoms with Crippen molar-refractivity contribution in [3.8, 4) is 0 Å². The predicted molar refractivity (Wildman–Crippen MR) is 74.2 cm³/mol. The molecule has 0 radical (unpaired) electrons. The van der Waals surface area contributed by atoms with Crippen LogP contribution in [0.2, 0.25) is 0 Å². The minimum absolute atomic E-state index is 0.334. The molecule has 0 aliphatic rings. The van der Waals surface area contributed by atoms with Crippen LogP contribution in [0.1, 0.15) is 43.6 Å². The first-order valence-electron chi connectivity index (χ1n) is 6.39. The molecule has 1 unspecified atom stereocenters. The van der Waals surface area contributed by atoms with Gasteiger partial charge in [0.15, 0.2) is 0 Å². The van der Waals surface area contributed by atoms with E-state index in [1.165, 1.54) is 0 Å². The number of aryl methyl sites for hydroxylation is 1. The van der Waals surface area contributed by atoms with E-state index in [9.17, 15) is 14.7 Å². The van der Waals surface area contributed by atoms with Crippen LogP contribution in [-0.2, 0) is 11.2 Å². The number of amides is 1. The van der Waals surface area contributed by atoms with Gasteiger partial charge in [0.05, 0.1) is 0 Å². The Labute approximate surface area is 113 Å². The molecule has 2 N–H and O–H groups in total. The normalized spacial score (nSPS) is 12.8. The van der Waals surface area contributed by atoms with Crippen LogP contribution in [0.3, 0.4) is 0 Å². The lowest BCUT2D eigenvalue weighted by atomic mass is 9.86. The summed E-state index contributed by atoms with van der Waals surface area (Å²) in [5.74, 6) is -1.35. The number of hydrogen-bond donors (Lipinski definition) is 2. The summed E-state index contributed by atoms with van der Waals surface area (Å²) in [6.07, 6.45) is 0.733. The third kappa shape index (κ3) is 3.81. The number of rotatable bonds is 4. The Kier molecular flexibility index (Phi) is 4.70. The van der Waals surface area contributed by atoms with E-state index in [4.69, 9.17) is 0 Å². The van der Waals surface area contributed by atoms with Crippen molar-refractivity contribution in [2.45, 2.75) is 40.2 Å². The van der Waals surface area contributed by atoms with Crippen LogP contribution in [-0.4, -0.2) is 23.0 Å². The summed E-state index contributed by atoms with van der Waals surface area (Å²) in [7, 11) is 0. The summed E-state index contributed by atoms with van der Waals surface area (Å²) in [6.45, 7) is 7.33. The third-order valence-corrected chi connectivity index (χ3v) is 3.03. The zero-order valence-electron chi connectivity index (χ0n) is 11.9. The number of carbonyl (C=O) groups is 2. The average molecular weight is 263 g/mol. The van der Waals surface area contributed by atoms with E-state index in [1.807, 2.05) is 19.1 Å². The minimum Gasteiger partial charge on any atom is -0.480 e. The second-order valence-corrected chi connectivity index (χ2v) is 5.62. The van der Waals surface area contributed by atoms with E-state index in [0.29, 0.717) is 5.56 Å². The zero-order chi connectivity index (χ0) is 14.6. The lowest BCUT2D eigenvalue weighted by Crippen LogP contribution is -2.49. The van der Waals surface area contributed by atoms with E-state index in [0.717, 1.165) is 12.0 Å². The molecule has 1 aromatic carbocycles. The highest BCUT2D eigenvalue weighted by Crippen LogP contribution is 2.20. The number of carboxylic acids is 1. The SMILES string of the molecule is CCc1ccccc1C(=O)NC(C(=O)O)C(C)(C)C. The molecule has 0 bridgehead atoms. The van der Waals surface area contributed by atoms with Gasteiger partial charge >= 0.3 is 5.97 Å². The molecule has 0 aromatic heterocycles. The Morgan fingerprint density at radius 2 is 1.84 bits per heavy atom. The monoisotopic (exact) mass is 263 g/mol. The second-order valence-electron chi connectivity index (χ2n) is 5.62. The Bertz CT molecular complexity index is 475. The summed E-state index contributed by atoms with van der Waals surface area (Å²) < 4.78 is 0. The first-order chi connectivity index (χ1) is 8.77. The Morgan fingerprint density at radius 3 is 2.32 bits per heavy atom. The maximum absolute atomic E-state index is 12.2. The zero-order valence-corrected chi connectivity index (χ0v) is 11.9. The van der Waals surface area contributed by atoms with Gasteiger partial charge in [0.1, 0.15) is 6.04 Å². The maximum Gasteiger partial charge on any atom is 0.326 e. The summed E-state index contributed by atoms with van der Waals surface area (Å²) >= 11 is 0. The lowest BCUT2D eigenvalue weighted by Gasteiger charge is -2.28. The largest absolute Gasteiger partial charge is 0.480 e. The molecule has 104 valence electrons. The number of carbonyl (C=O) groups excluding carboxylic acids is 1. The maximum atomic E-state index is 12.2. The van der Waals surface area contributed by atoms with Crippen LogP contribution in [0.25, 0.3) is 0 Å². The van der Waals surface area contributed by atoms with Gasteiger partial charge in [-0.15, -0.1) is 0 Å². The van der Waals surface area contributed by atoms with Crippen molar-refractivity contribution >= 4 is 11.9 Å². The number of carboxylic acid groups (broad SMARTS) is 1. The number of aliphatic carboxylic acids is 1. The molecule has 1 aromatic rings. The minimum atomic E-state index is -1.02. The third-order valence-electron chi connectivity index (χ3n) is 3.03. The van der Waals surface area contributed by atoms with Gasteiger partial charge in [-0.2, -0.15) is 0 Å². The van der Waals surface area contributed by atoms with Crippen molar-refractivity contribution in [2.24, 2.45) is 5.41 Å². The van der Waals surface area contributed by atoms with E-state index in [-0.39, 0.29) is 5.91 Å². The molecule has 0 aliphatic carbocycles. The van der Waals surface area contributed by atoms with Crippen LogP contribution < -0.4 is 5.32 Å². The van der Waals surface area contributed by atoms with Crippen LogP contribution in [0.15, 0.2) is 24.3 Å². The topological polar surface area (TPSA) is 66.4 Å². The molecule has 0 aliphatic heterocycles. The molecular formula is C15H21NO3. The summed E-state index contributed by atoms with van der Waals surface area (Å²) in [4.78, 5) is 23.5. The van der Waals surface area contributed by atoms with Gasteiger partial charge in [-0.3, -0.25) is 4.79 Å². The summed E-state index contributed by atoms with van der Waals surface area (Å²) in [5.41, 5.74) is 0.918. The number of hydrogen-bond acceptors (Lipinski definition) is 2. The van der Waals surface area contributed by atoms with Crippen molar-refractivity contribution in [1.29, 1.82) is 0 Å². The fourth-order valence-corrected chi connectivity index (χ4v) is 1.91. The molecule has 0 saturated heterocycles. The number of benzene rings is 1. The van der Waals surface area contributed by atoms with Gasteiger partial charge in [-0.25, -0.2) is 4.79 Å². The van der Waals surface area contributed by atoms with E-state index < -0.39 is 17.4 Å². The molecule has 4 heteroatoms. The standard InChI is InChI=1S/C15H21NO3/c1-5-10-8-6-7-9-11(10)13(17)16-12(14(18)19)15(2,3)4/h6-9,12H,5H2,1-4H3,(H,16,17)(H,18,19). The molecule has 4 nitrogen and oxygen atoms in total. The van der Waals surface area contributed by atoms with Gasteiger partial charge in [-0.05, 0) is 23.5 Å². The Morgan fingerprint density at radius 1 is 1.26 bits per heavy atom. The van der Waals surface area contributed by atoms with Crippen LogP contribution >= 0.6 is 0 Å². The van der Waals surface area contributed by atoms with Crippen LogP contribution in [0, 0.1) is 5.41 Å². The smallest absolute Gasteiger partial charge is 0.326 e. The van der Waals surface area contributed by atoms with Crippen LogP contribution in [0.5, 0.6) is 0 Å². The molecule has 0 saturated carbocycles. The molecule has 1 rings (SSSR count). The fourth-order valence-electron chi connectivity index (χ4n) is 1.91. The molecule has 0 heterocycles. The first-order valence-corrected chi connectivity index (χ1v) is 6.39. The highest BCUT2D eigenvalue weighted by molar-refractivity contribution is 5.98. The highest BCUT2D eigenvalue weighted by atomic mass is 16.4. The van der Waals surface area contributed by atoms with Crippen molar-refractivity contribution < 1.29 is 14.7 Å².